The van der Waals surface area contributed by atoms with Crippen LogP contribution in [0.25, 0.3) is 0 Å². The molecular weight excluding hydrogens is 138 g/mol. The molecule has 0 spiro atoms. The van der Waals surface area contributed by atoms with Gasteiger partial charge in [-0.2, -0.15) is 0 Å². The number of amides is 1. The van der Waals surface area contributed by atoms with Gasteiger partial charge in [-0.05, 0) is 18.8 Å². The Morgan fingerprint density at radius 2 is 2.18 bits per heavy atom. The normalized spacial score (nSPS) is 38.5. The highest BCUT2D eigenvalue weighted by atomic mass is 16.1. The molecule has 1 aliphatic heterocycles. The Labute approximate surface area is 67.4 Å². The highest BCUT2D eigenvalue weighted by Gasteiger charge is 2.37. The smallest absolute Gasteiger partial charge is 0.220 e. The average molecular weight is 153 g/mol. The Morgan fingerprint density at radius 3 is 2.55 bits per heavy atom. The summed E-state index contributed by atoms with van der Waals surface area (Å²) in [5, 5.41) is 2.98. The van der Waals surface area contributed by atoms with Crippen molar-refractivity contribution in [3.63, 3.8) is 0 Å². The summed E-state index contributed by atoms with van der Waals surface area (Å²) in [6.45, 7) is 2.13. The minimum Gasteiger partial charge on any atom is -0.353 e. The van der Waals surface area contributed by atoms with Crippen LogP contribution in [-0.4, -0.2) is 11.9 Å². The quantitative estimate of drug-likeness (QED) is 0.604. The van der Waals surface area contributed by atoms with E-state index in [1.54, 1.807) is 0 Å². The van der Waals surface area contributed by atoms with Gasteiger partial charge in [0.05, 0.1) is 0 Å². The van der Waals surface area contributed by atoms with Crippen LogP contribution in [0.1, 0.15) is 32.6 Å². The fourth-order valence-corrected chi connectivity index (χ4v) is 2.25. The van der Waals surface area contributed by atoms with Crippen LogP contribution in [0.2, 0.25) is 0 Å². The van der Waals surface area contributed by atoms with Crippen LogP contribution in [-0.2, 0) is 4.79 Å². The lowest BCUT2D eigenvalue weighted by molar-refractivity contribution is -0.119. The predicted octanol–water partition coefficient (Wildman–Crippen LogP) is 1.31. The molecule has 1 N–H and O–H groups in total. The Kier molecular flexibility index (Phi) is 1.63. The number of hydrogen-bond donors (Lipinski definition) is 1. The number of nitrogens with one attached hydrogen (secondary N) is 1. The average Bonchev–Trinajstić information content (AvgIpc) is 2.07. The van der Waals surface area contributed by atoms with Crippen molar-refractivity contribution in [1.29, 1.82) is 0 Å². The first-order valence-corrected chi connectivity index (χ1v) is 4.57. The van der Waals surface area contributed by atoms with Crippen LogP contribution in [0.15, 0.2) is 0 Å². The second-order valence-corrected chi connectivity index (χ2v) is 3.92. The SMILES string of the molecule is CC1NC(=O)CC1C1CCC1. The topological polar surface area (TPSA) is 29.1 Å². The highest BCUT2D eigenvalue weighted by Crippen LogP contribution is 2.38. The van der Waals surface area contributed by atoms with Gasteiger partial charge in [0.25, 0.3) is 0 Å². The van der Waals surface area contributed by atoms with Crippen LogP contribution in [0.4, 0.5) is 0 Å². The Morgan fingerprint density at radius 1 is 1.45 bits per heavy atom. The maximum atomic E-state index is 11.0. The van der Waals surface area contributed by atoms with E-state index in [0.29, 0.717) is 12.0 Å². The van der Waals surface area contributed by atoms with Gasteiger partial charge in [0.15, 0.2) is 0 Å². The second-order valence-electron chi connectivity index (χ2n) is 3.92. The third kappa shape index (κ3) is 1.15. The molecule has 2 aliphatic rings. The minimum atomic E-state index is 0.259. The Balaban J connectivity index is 1.97. The Bertz CT molecular complexity index is 174. The van der Waals surface area contributed by atoms with Gasteiger partial charge < -0.3 is 5.32 Å². The van der Waals surface area contributed by atoms with Crippen molar-refractivity contribution in [1.82, 2.24) is 5.32 Å². The van der Waals surface area contributed by atoms with Crippen molar-refractivity contribution in [3.8, 4) is 0 Å². The van der Waals surface area contributed by atoms with Crippen molar-refractivity contribution < 1.29 is 4.79 Å². The first-order chi connectivity index (χ1) is 5.27. The molecule has 2 nitrogen and oxygen atoms in total. The van der Waals surface area contributed by atoms with Gasteiger partial charge in [0, 0.05) is 12.5 Å². The molecular formula is C9H15NO. The summed E-state index contributed by atoms with van der Waals surface area (Å²) >= 11 is 0. The van der Waals surface area contributed by atoms with Gasteiger partial charge in [0.1, 0.15) is 0 Å². The van der Waals surface area contributed by atoms with Crippen LogP contribution < -0.4 is 5.32 Å². The molecule has 0 aromatic heterocycles. The minimum absolute atomic E-state index is 0.259. The lowest BCUT2D eigenvalue weighted by Crippen LogP contribution is -2.31. The summed E-state index contributed by atoms with van der Waals surface area (Å²) < 4.78 is 0. The number of carbonyl (C=O) groups excluding carboxylic acids is 1. The van der Waals surface area contributed by atoms with Crippen LogP contribution in [0, 0.1) is 11.8 Å². The third-order valence-electron chi connectivity index (χ3n) is 3.21. The molecule has 0 bridgehead atoms. The summed E-state index contributed by atoms with van der Waals surface area (Å²) in [6, 6.07) is 0.438. The van der Waals surface area contributed by atoms with E-state index >= 15 is 0 Å². The predicted molar refractivity (Wildman–Crippen MR) is 43.1 cm³/mol. The molecule has 1 heterocycles. The van der Waals surface area contributed by atoms with Gasteiger partial charge in [-0.3, -0.25) is 4.79 Å². The molecule has 0 aromatic carbocycles. The second kappa shape index (κ2) is 2.50. The first kappa shape index (κ1) is 7.14. The van der Waals surface area contributed by atoms with E-state index < -0.39 is 0 Å². The summed E-state index contributed by atoms with van der Waals surface area (Å²) in [4.78, 5) is 11.0. The molecule has 2 rings (SSSR count). The molecule has 62 valence electrons. The molecule has 11 heavy (non-hydrogen) atoms. The van der Waals surface area contributed by atoms with Gasteiger partial charge in [-0.15, -0.1) is 0 Å². The standard InChI is InChI=1S/C9H15NO/c1-6-8(5-9(11)10-6)7-3-2-4-7/h6-8H,2-5H2,1H3,(H,10,11). The van der Waals surface area contributed by atoms with Crippen molar-refractivity contribution >= 4 is 5.91 Å². The number of hydrogen-bond acceptors (Lipinski definition) is 1. The van der Waals surface area contributed by atoms with E-state index in [1.807, 2.05) is 0 Å². The van der Waals surface area contributed by atoms with Gasteiger partial charge in [-0.25, -0.2) is 0 Å². The van der Waals surface area contributed by atoms with Crippen molar-refractivity contribution in [3.05, 3.63) is 0 Å². The molecule has 0 radical (unpaired) electrons. The molecule has 2 fully saturated rings. The van der Waals surface area contributed by atoms with Gasteiger partial charge in [0.2, 0.25) is 5.91 Å². The Hall–Kier alpha value is -0.530. The monoisotopic (exact) mass is 153 g/mol. The molecule has 1 amide bonds. The summed E-state index contributed by atoms with van der Waals surface area (Å²) in [5.41, 5.74) is 0. The van der Waals surface area contributed by atoms with Gasteiger partial charge >= 0.3 is 0 Å². The molecule has 1 aliphatic carbocycles. The van der Waals surface area contributed by atoms with E-state index in [1.165, 1.54) is 19.3 Å². The van der Waals surface area contributed by atoms with E-state index in [9.17, 15) is 4.79 Å². The lowest BCUT2D eigenvalue weighted by Gasteiger charge is -2.32. The van der Waals surface area contributed by atoms with E-state index in [-0.39, 0.29) is 5.91 Å². The molecule has 0 aromatic rings. The van der Waals surface area contributed by atoms with Gasteiger partial charge in [-0.1, -0.05) is 19.3 Å². The molecule has 2 heteroatoms. The molecule has 2 atom stereocenters. The van der Waals surface area contributed by atoms with Crippen LogP contribution in [0.5, 0.6) is 0 Å². The zero-order valence-corrected chi connectivity index (χ0v) is 6.97. The summed E-state index contributed by atoms with van der Waals surface area (Å²) in [6.07, 6.45) is 4.86. The van der Waals surface area contributed by atoms with Crippen LogP contribution in [0.3, 0.4) is 0 Å². The largest absolute Gasteiger partial charge is 0.353 e. The van der Waals surface area contributed by atoms with E-state index in [4.69, 9.17) is 0 Å². The molecule has 2 unspecified atom stereocenters. The lowest BCUT2D eigenvalue weighted by atomic mass is 9.73. The molecule has 1 saturated heterocycles. The summed E-state index contributed by atoms with van der Waals surface area (Å²) in [5.74, 6) is 1.76. The fourth-order valence-electron chi connectivity index (χ4n) is 2.25. The van der Waals surface area contributed by atoms with E-state index in [2.05, 4.69) is 12.2 Å². The van der Waals surface area contributed by atoms with Crippen molar-refractivity contribution in [2.45, 2.75) is 38.6 Å². The van der Waals surface area contributed by atoms with E-state index in [0.717, 1.165) is 12.3 Å². The maximum absolute atomic E-state index is 11.0. The highest BCUT2D eigenvalue weighted by molar-refractivity contribution is 5.79. The first-order valence-electron chi connectivity index (χ1n) is 4.57. The fraction of sp³-hybridized carbons (Fsp3) is 0.889. The zero-order valence-electron chi connectivity index (χ0n) is 6.97. The summed E-state index contributed by atoms with van der Waals surface area (Å²) in [7, 11) is 0. The number of rotatable bonds is 1. The van der Waals surface area contributed by atoms with Crippen LogP contribution >= 0.6 is 0 Å². The third-order valence-corrected chi connectivity index (χ3v) is 3.21. The number of carbonyl (C=O) groups is 1. The maximum Gasteiger partial charge on any atom is 0.220 e. The zero-order chi connectivity index (χ0) is 7.84. The van der Waals surface area contributed by atoms with Crippen molar-refractivity contribution in [2.75, 3.05) is 0 Å². The van der Waals surface area contributed by atoms with Crippen molar-refractivity contribution in [2.24, 2.45) is 11.8 Å². The molecule has 1 saturated carbocycles.